The molecule has 1 fully saturated rings. The second kappa shape index (κ2) is 5.85. The molecule has 2 unspecified atom stereocenters. The van der Waals surface area contributed by atoms with Crippen LogP contribution in [0.4, 0.5) is 0 Å². The predicted octanol–water partition coefficient (Wildman–Crippen LogP) is 2.54. The van der Waals surface area contributed by atoms with E-state index in [-0.39, 0.29) is 5.91 Å². The number of likely N-dealkylation sites (N-methyl/N-ethyl adjacent to an activating group) is 1. The van der Waals surface area contributed by atoms with Crippen LogP contribution in [0.1, 0.15) is 59.3 Å². The van der Waals surface area contributed by atoms with Crippen LogP contribution in [0.3, 0.4) is 0 Å². The van der Waals surface area contributed by atoms with Gasteiger partial charge in [0.15, 0.2) is 0 Å². The first-order valence-corrected chi connectivity index (χ1v) is 7.00. The molecule has 0 bridgehead atoms. The molecule has 3 nitrogen and oxygen atoms in total. The van der Waals surface area contributed by atoms with E-state index in [1.54, 1.807) is 0 Å². The van der Waals surface area contributed by atoms with Crippen LogP contribution in [0.15, 0.2) is 0 Å². The lowest BCUT2D eigenvalue weighted by Crippen LogP contribution is -2.56. The third-order valence-corrected chi connectivity index (χ3v) is 4.46. The largest absolute Gasteiger partial charge is 0.341 e. The van der Waals surface area contributed by atoms with Crippen molar-refractivity contribution in [1.82, 2.24) is 4.90 Å². The Morgan fingerprint density at radius 2 is 1.94 bits per heavy atom. The van der Waals surface area contributed by atoms with Crippen molar-refractivity contribution in [2.75, 3.05) is 7.05 Å². The summed E-state index contributed by atoms with van der Waals surface area (Å²) in [4.78, 5) is 14.4. The molecule has 0 aromatic heterocycles. The van der Waals surface area contributed by atoms with Gasteiger partial charge in [0.05, 0.1) is 5.54 Å². The maximum atomic E-state index is 12.4. The van der Waals surface area contributed by atoms with E-state index in [4.69, 9.17) is 5.73 Å². The van der Waals surface area contributed by atoms with Crippen molar-refractivity contribution in [3.05, 3.63) is 0 Å². The molecular formula is C14H28N2O. The van der Waals surface area contributed by atoms with Crippen LogP contribution in [-0.4, -0.2) is 29.4 Å². The van der Waals surface area contributed by atoms with Gasteiger partial charge in [0, 0.05) is 13.1 Å². The Morgan fingerprint density at radius 1 is 1.35 bits per heavy atom. The summed E-state index contributed by atoms with van der Waals surface area (Å²) in [6.45, 7) is 6.28. The standard InChI is InChI=1S/C14H28N2O/c1-5-14(15,6-2)13(17)16(4)12-9-7-8-11(3)10-12/h11-12H,5-10,15H2,1-4H3. The highest BCUT2D eigenvalue weighted by Crippen LogP contribution is 2.28. The Morgan fingerprint density at radius 3 is 2.41 bits per heavy atom. The third kappa shape index (κ3) is 3.21. The molecule has 0 spiro atoms. The summed E-state index contributed by atoms with van der Waals surface area (Å²) in [6, 6.07) is 0.396. The lowest BCUT2D eigenvalue weighted by atomic mass is 9.85. The Balaban J connectivity index is 2.68. The zero-order valence-corrected chi connectivity index (χ0v) is 11.8. The Bertz CT molecular complexity index is 261. The normalized spacial score (nSPS) is 25.7. The van der Waals surface area contributed by atoms with E-state index < -0.39 is 5.54 Å². The molecular weight excluding hydrogens is 212 g/mol. The molecule has 0 heterocycles. The third-order valence-electron chi connectivity index (χ3n) is 4.46. The highest BCUT2D eigenvalue weighted by molar-refractivity contribution is 5.86. The Hall–Kier alpha value is -0.570. The minimum absolute atomic E-state index is 0.126. The number of hydrogen-bond acceptors (Lipinski definition) is 2. The average molecular weight is 240 g/mol. The molecule has 0 aromatic rings. The number of nitrogens with zero attached hydrogens (tertiary/aromatic N) is 1. The van der Waals surface area contributed by atoms with E-state index in [1.165, 1.54) is 12.8 Å². The van der Waals surface area contributed by atoms with Gasteiger partial charge in [0.1, 0.15) is 0 Å². The summed E-state index contributed by atoms with van der Waals surface area (Å²) < 4.78 is 0. The van der Waals surface area contributed by atoms with Gasteiger partial charge in [-0.2, -0.15) is 0 Å². The minimum atomic E-state index is -0.657. The van der Waals surface area contributed by atoms with Crippen LogP contribution in [0.2, 0.25) is 0 Å². The maximum absolute atomic E-state index is 12.4. The molecule has 0 saturated heterocycles. The Labute approximate surface area is 106 Å². The first kappa shape index (κ1) is 14.5. The zero-order valence-electron chi connectivity index (χ0n) is 11.8. The van der Waals surface area contributed by atoms with E-state index in [9.17, 15) is 4.79 Å². The fourth-order valence-electron chi connectivity index (χ4n) is 2.82. The number of hydrogen-bond donors (Lipinski definition) is 1. The van der Waals surface area contributed by atoms with Crippen molar-refractivity contribution in [3.8, 4) is 0 Å². The van der Waals surface area contributed by atoms with E-state index in [0.717, 1.165) is 31.6 Å². The SMILES string of the molecule is CCC(N)(CC)C(=O)N(C)C1CCCC(C)C1. The van der Waals surface area contributed by atoms with Crippen LogP contribution >= 0.6 is 0 Å². The second-order valence-electron chi connectivity index (χ2n) is 5.70. The second-order valence-corrected chi connectivity index (χ2v) is 5.70. The quantitative estimate of drug-likeness (QED) is 0.821. The molecule has 100 valence electrons. The fraction of sp³-hybridized carbons (Fsp3) is 0.929. The molecule has 1 amide bonds. The van der Waals surface area contributed by atoms with Crippen molar-refractivity contribution in [2.45, 2.75) is 70.9 Å². The number of carbonyl (C=O) groups excluding carboxylic acids is 1. The maximum Gasteiger partial charge on any atom is 0.242 e. The lowest BCUT2D eigenvalue weighted by Gasteiger charge is -2.38. The highest BCUT2D eigenvalue weighted by Gasteiger charge is 2.36. The number of amides is 1. The van der Waals surface area contributed by atoms with Crippen molar-refractivity contribution in [1.29, 1.82) is 0 Å². The van der Waals surface area contributed by atoms with E-state index in [0.29, 0.717) is 6.04 Å². The van der Waals surface area contributed by atoms with Crippen molar-refractivity contribution < 1.29 is 4.79 Å². The number of nitrogens with two attached hydrogens (primary N) is 1. The lowest BCUT2D eigenvalue weighted by molar-refractivity contribution is -0.139. The van der Waals surface area contributed by atoms with Crippen LogP contribution in [-0.2, 0) is 4.79 Å². The van der Waals surface area contributed by atoms with Gasteiger partial charge in [-0.1, -0.05) is 33.6 Å². The van der Waals surface area contributed by atoms with Gasteiger partial charge in [0.25, 0.3) is 0 Å². The zero-order chi connectivity index (χ0) is 13.1. The number of carbonyl (C=O) groups is 1. The van der Waals surface area contributed by atoms with Gasteiger partial charge in [0.2, 0.25) is 5.91 Å². The monoisotopic (exact) mass is 240 g/mol. The molecule has 0 aromatic carbocycles. The molecule has 0 aliphatic heterocycles. The topological polar surface area (TPSA) is 46.3 Å². The van der Waals surface area contributed by atoms with E-state index in [1.807, 2.05) is 25.8 Å². The molecule has 2 atom stereocenters. The predicted molar refractivity (Wildman–Crippen MR) is 71.7 cm³/mol. The van der Waals surface area contributed by atoms with Gasteiger partial charge in [-0.25, -0.2) is 0 Å². The molecule has 2 N–H and O–H groups in total. The molecule has 1 aliphatic carbocycles. The fourth-order valence-corrected chi connectivity index (χ4v) is 2.82. The van der Waals surface area contributed by atoms with Gasteiger partial charge < -0.3 is 10.6 Å². The summed E-state index contributed by atoms with van der Waals surface area (Å²) in [5, 5.41) is 0. The van der Waals surface area contributed by atoms with Gasteiger partial charge in [-0.3, -0.25) is 4.79 Å². The highest BCUT2D eigenvalue weighted by atomic mass is 16.2. The van der Waals surface area contributed by atoms with Crippen LogP contribution in [0, 0.1) is 5.92 Å². The summed E-state index contributed by atoms with van der Waals surface area (Å²) >= 11 is 0. The number of rotatable bonds is 4. The molecule has 1 rings (SSSR count). The van der Waals surface area contributed by atoms with Crippen molar-refractivity contribution >= 4 is 5.91 Å². The van der Waals surface area contributed by atoms with Crippen molar-refractivity contribution in [3.63, 3.8) is 0 Å². The molecule has 3 heteroatoms. The van der Waals surface area contributed by atoms with Gasteiger partial charge >= 0.3 is 0 Å². The summed E-state index contributed by atoms with van der Waals surface area (Å²) in [5.74, 6) is 0.862. The average Bonchev–Trinajstić information content (AvgIpc) is 2.36. The summed E-state index contributed by atoms with van der Waals surface area (Å²) in [6.07, 6.45) is 6.23. The van der Waals surface area contributed by atoms with Gasteiger partial charge in [-0.15, -0.1) is 0 Å². The summed E-state index contributed by atoms with van der Waals surface area (Å²) in [7, 11) is 1.93. The first-order chi connectivity index (χ1) is 7.94. The minimum Gasteiger partial charge on any atom is -0.341 e. The van der Waals surface area contributed by atoms with Crippen LogP contribution in [0.5, 0.6) is 0 Å². The van der Waals surface area contributed by atoms with Crippen LogP contribution in [0.25, 0.3) is 0 Å². The first-order valence-electron chi connectivity index (χ1n) is 7.00. The van der Waals surface area contributed by atoms with Gasteiger partial charge in [-0.05, 0) is 31.6 Å². The smallest absolute Gasteiger partial charge is 0.242 e. The van der Waals surface area contributed by atoms with E-state index in [2.05, 4.69) is 6.92 Å². The Kier molecular flexibility index (Phi) is 4.99. The molecule has 1 saturated carbocycles. The van der Waals surface area contributed by atoms with E-state index >= 15 is 0 Å². The molecule has 17 heavy (non-hydrogen) atoms. The van der Waals surface area contributed by atoms with Crippen LogP contribution < -0.4 is 5.73 Å². The molecule has 0 radical (unpaired) electrons. The van der Waals surface area contributed by atoms with Crippen molar-refractivity contribution in [2.24, 2.45) is 11.7 Å². The summed E-state index contributed by atoms with van der Waals surface area (Å²) in [5.41, 5.74) is 5.53. The molecule has 1 aliphatic rings.